The smallest absolute Gasteiger partial charge is 0.257 e. The molecule has 1 aliphatic rings. The molecule has 0 atom stereocenters. The number of nitrogens with zero attached hydrogens (tertiary/aromatic N) is 2. The highest BCUT2D eigenvalue weighted by molar-refractivity contribution is 5.97. The summed E-state index contributed by atoms with van der Waals surface area (Å²) in [6.07, 6.45) is 0. The van der Waals surface area contributed by atoms with Crippen LogP contribution in [0.3, 0.4) is 0 Å². The number of hydrogen-bond donors (Lipinski definition) is 1. The van der Waals surface area contributed by atoms with Crippen LogP contribution in [0.1, 0.15) is 24.2 Å². The molecule has 1 aromatic rings. The summed E-state index contributed by atoms with van der Waals surface area (Å²) in [5.74, 6) is 0.401. The Labute approximate surface area is 119 Å². The summed E-state index contributed by atoms with van der Waals surface area (Å²) in [6, 6.07) is 5.28. The molecule has 0 unspecified atom stereocenters. The van der Waals surface area contributed by atoms with Gasteiger partial charge in [0.1, 0.15) is 11.5 Å². The van der Waals surface area contributed by atoms with Crippen LogP contribution in [0.25, 0.3) is 0 Å². The minimum absolute atomic E-state index is 0.0272. The van der Waals surface area contributed by atoms with Crippen molar-refractivity contribution in [1.82, 2.24) is 9.80 Å². The van der Waals surface area contributed by atoms with Crippen LogP contribution in [0.2, 0.25) is 0 Å². The molecular formula is C15H22N2O3. The number of aromatic hydroxyl groups is 1. The fraction of sp³-hybridized carbons (Fsp3) is 0.533. The fourth-order valence-electron chi connectivity index (χ4n) is 2.43. The molecule has 0 bridgehead atoms. The Hall–Kier alpha value is -1.75. The zero-order chi connectivity index (χ0) is 14.7. The van der Waals surface area contributed by atoms with Crippen LogP contribution >= 0.6 is 0 Å². The first-order chi connectivity index (χ1) is 9.52. The zero-order valence-corrected chi connectivity index (χ0v) is 12.3. The minimum atomic E-state index is -0.117. The van der Waals surface area contributed by atoms with Gasteiger partial charge in [0.05, 0.1) is 12.7 Å². The third-order valence-electron chi connectivity index (χ3n) is 3.77. The summed E-state index contributed by atoms with van der Waals surface area (Å²) in [6.45, 7) is 7.46. The van der Waals surface area contributed by atoms with Gasteiger partial charge in [-0.1, -0.05) is 0 Å². The molecule has 1 heterocycles. The van der Waals surface area contributed by atoms with Crippen molar-refractivity contribution in [3.63, 3.8) is 0 Å². The number of benzene rings is 1. The molecule has 1 N–H and O–H groups in total. The normalized spacial score (nSPS) is 16.5. The summed E-state index contributed by atoms with van der Waals surface area (Å²) >= 11 is 0. The van der Waals surface area contributed by atoms with E-state index in [-0.39, 0.29) is 11.7 Å². The van der Waals surface area contributed by atoms with Gasteiger partial charge in [0, 0.05) is 38.3 Å². The molecule has 0 aliphatic carbocycles. The van der Waals surface area contributed by atoms with Gasteiger partial charge in [0.15, 0.2) is 0 Å². The number of ether oxygens (including phenoxy) is 1. The van der Waals surface area contributed by atoms with E-state index in [0.29, 0.717) is 30.4 Å². The number of amides is 1. The highest BCUT2D eigenvalue weighted by Gasteiger charge is 2.24. The van der Waals surface area contributed by atoms with Gasteiger partial charge in [0.25, 0.3) is 5.91 Å². The molecule has 5 nitrogen and oxygen atoms in total. The van der Waals surface area contributed by atoms with E-state index in [9.17, 15) is 9.90 Å². The topological polar surface area (TPSA) is 53.0 Å². The molecule has 5 heteroatoms. The van der Waals surface area contributed by atoms with Crippen LogP contribution in [0.15, 0.2) is 18.2 Å². The summed E-state index contributed by atoms with van der Waals surface area (Å²) < 4.78 is 5.02. The third kappa shape index (κ3) is 3.04. The number of phenols is 1. The van der Waals surface area contributed by atoms with Gasteiger partial charge in [-0.2, -0.15) is 0 Å². The molecular weight excluding hydrogens is 256 g/mol. The van der Waals surface area contributed by atoms with E-state index in [1.807, 2.05) is 0 Å². The Morgan fingerprint density at radius 3 is 2.40 bits per heavy atom. The number of rotatable bonds is 3. The standard InChI is InChI=1S/C15H22N2O3/c1-11(2)16-6-8-17(9-7-16)15(19)13-5-4-12(20-3)10-14(13)18/h4-5,10-11,18H,6-9H2,1-3H3. The van der Waals surface area contributed by atoms with E-state index in [2.05, 4.69) is 18.7 Å². The number of hydrogen-bond acceptors (Lipinski definition) is 4. The van der Waals surface area contributed by atoms with Crippen molar-refractivity contribution in [3.05, 3.63) is 23.8 Å². The predicted molar refractivity (Wildman–Crippen MR) is 77.3 cm³/mol. The molecule has 1 aromatic carbocycles. The van der Waals surface area contributed by atoms with E-state index in [0.717, 1.165) is 13.1 Å². The van der Waals surface area contributed by atoms with Crippen LogP contribution in [0.5, 0.6) is 11.5 Å². The van der Waals surface area contributed by atoms with Gasteiger partial charge in [-0.3, -0.25) is 9.69 Å². The Kier molecular flexibility index (Phi) is 4.49. The highest BCUT2D eigenvalue weighted by atomic mass is 16.5. The first-order valence-electron chi connectivity index (χ1n) is 6.93. The van der Waals surface area contributed by atoms with Crippen molar-refractivity contribution in [1.29, 1.82) is 0 Å². The monoisotopic (exact) mass is 278 g/mol. The van der Waals surface area contributed by atoms with Crippen molar-refractivity contribution < 1.29 is 14.6 Å². The van der Waals surface area contributed by atoms with E-state index < -0.39 is 0 Å². The molecule has 0 aromatic heterocycles. The van der Waals surface area contributed by atoms with Crippen molar-refractivity contribution in [3.8, 4) is 11.5 Å². The predicted octanol–water partition coefficient (Wildman–Crippen LogP) is 1.57. The summed E-state index contributed by atoms with van der Waals surface area (Å²) in [7, 11) is 1.53. The second-order valence-electron chi connectivity index (χ2n) is 5.30. The number of carbonyl (C=O) groups is 1. The van der Waals surface area contributed by atoms with E-state index in [1.54, 1.807) is 17.0 Å². The van der Waals surface area contributed by atoms with Crippen LogP contribution in [-0.4, -0.2) is 60.1 Å². The molecule has 1 fully saturated rings. The molecule has 1 amide bonds. The molecule has 1 saturated heterocycles. The maximum atomic E-state index is 12.4. The number of piperazine rings is 1. The molecule has 20 heavy (non-hydrogen) atoms. The quantitative estimate of drug-likeness (QED) is 0.912. The second-order valence-corrected chi connectivity index (χ2v) is 5.30. The average Bonchev–Trinajstić information content (AvgIpc) is 2.46. The first kappa shape index (κ1) is 14.7. The lowest BCUT2D eigenvalue weighted by molar-refractivity contribution is 0.0592. The maximum absolute atomic E-state index is 12.4. The SMILES string of the molecule is COc1ccc(C(=O)N2CCN(C(C)C)CC2)c(O)c1. The number of carbonyl (C=O) groups excluding carboxylic acids is 1. The summed E-state index contributed by atoms with van der Waals surface area (Å²) in [5, 5.41) is 9.93. The van der Waals surface area contributed by atoms with Crippen LogP contribution in [-0.2, 0) is 0 Å². The average molecular weight is 278 g/mol. The minimum Gasteiger partial charge on any atom is -0.507 e. The molecule has 1 aliphatic heterocycles. The lowest BCUT2D eigenvalue weighted by Gasteiger charge is -2.37. The van der Waals surface area contributed by atoms with Crippen molar-refractivity contribution in [2.75, 3.05) is 33.3 Å². The van der Waals surface area contributed by atoms with Gasteiger partial charge in [-0.15, -0.1) is 0 Å². The molecule has 2 rings (SSSR count). The lowest BCUT2D eigenvalue weighted by atomic mass is 10.1. The third-order valence-corrected chi connectivity index (χ3v) is 3.77. The van der Waals surface area contributed by atoms with Gasteiger partial charge < -0.3 is 14.7 Å². The zero-order valence-electron chi connectivity index (χ0n) is 12.3. The number of phenolic OH excluding ortho intramolecular Hbond substituents is 1. The molecule has 0 radical (unpaired) electrons. The Morgan fingerprint density at radius 1 is 1.25 bits per heavy atom. The first-order valence-corrected chi connectivity index (χ1v) is 6.93. The van der Waals surface area contributed by atoms with Crippen LogP contribution < -0.4 is 4.74 Å². The Balaban J connectivity index is 2.05. The summed E-state index contributed by atoms with van der Waals surface area (Å²) in [5.41, 5.74) is 0.337. The fourth-order valence-corrected chi connectivity index (χ4v) is 2.43. The van der Waals surface area contributed by atoms with E-state index in [1.165, 1.54) is 13.2 Å². The second kappa shape index (κ2) is 6.13. The van der Waals surface area contributed by atoms with Crippen molar-refractivity contribution in [2.24, 2.45) is 0 Å². The summed E-state index contributed by atoms with van der Waals surface area (Å²) in [4.78, 5) is 16.5. The van der Waals surface area contributed by atoms with Gasteiger partial charge >= 0.3 is 0 Å². The highest BCUT2D eigenvalue weighted by Crippen LogP contribution is 2.25. The van der Waals surface area contributed by atoms with Crippen LogP contribution in [0.4, 0.5) is 0 Å². The van der Waals surface area contributed by atoms with Crippen molar-refractivity contribution in [2.45, 2.75) is 19.9 Å². The largest absolute Gasteiger partial charge is 0.507 e. The van der Waals surface area contributed by atoms with Crippen molar-refractivity contribution >= 4 is 5.91 Å². The Morgan fingerprint density at radius 2 is 1.90 bits per heavy atom. The van der Waals surface area contributed by atoms with Gasteiger partial charge in [-0.25, -0.2) is 0 Å². The van der Waals surface area contributed by atoms with E-state index >= 15 is 0 Å². The maximum Gasteiger partial charge on any atom is 0.257 e. The van der Waals surface area contributed by atoms with E-state index in [4.69, 9.17) is 4.74 Å². The van der Waals surface area contributed by atoms with Gasteiger partial charge in [-0.05, 0) is 26.0 Å². The molecule has 0 saturated carbocycles. The molecule has 110 valence electrons. The van der Waals surface area contributed by atoms with Gasteiger partial charge in [0.2, 0.25) is 0 Å². The molecule has 0 spiro atoms. The lowest BCUT2D eigenvalue weighted by Crippen LogP contribution is -2.50. The van der Waals surface area contributed by atoms with Crippen LogP contribution in [0, 0.1) is 0 Å². The Bertz CT molecular complexity index is 480. The number of methoxy groups -OCH3 is 1.